The van der Waals surface area contributed by atoms with Gasteiger partial charge in [-0.2, -0.15) is 5.26 Å². The molecule has 0 saturated heterocycles. The van der Waals surface area contributed by atoms with Gasteiger partial charge in [0.05, 0.1) is 30.7 Å². The van der Waals surface area contributed by atoms with Gasteiger partial charge in [0.25, 0.3) is 0 Å². The molecule has 0 unspecified atom stereocenters. The van der Waals surface area contributed by atoms with Gasteiger partial charge in [0.2, 0.25) is 0 Å². The van der Waals surface area contributed by atoms with Crippen LogP contribution in [0.5, 0.6) is 0 Å². The van der Waals surface area contributed by atoms with Gasteiger partial charge in [0.15, 0.2) is 0 Å². The molecule has 2 rings (SSSR count). The van der Waals surface area contributed by atoms with Gasteiger partial charge in [0, 0.05) is 5.69 Å². The zero-order chi connectivity index (χ0) is 18.2. The summed E-state index contributed by atoms with van der Waals surface area (Å²) in [5.74, 6) is -0.982. The van der Waals surface area contributed by atoms with Crippen molar-refractivity contribution in [3.63, 3.8) is 0 Å². The van der Waals surface area contributed by atoms with E-state index in [1.807, 2.05) is 36.4 Å². The lowest BCUT2D eigenvalue weighted by molar-refractivity contribution is -0.145. The van der Waals surface area contributed by atoms with E-state index < -0.39 is 24.0 Å². The maximum Gasteiger partial charge on any atom is 0.319 e. The summed E-state index contributed by atoms with van der Waals surface area (Å²) in [5.41, 5.74) is 1.73. The lowest BCUT2D eigenvalue weighted by Gasteiger charge is -2.24. The molecule has 2 aromatic carbocycles. The van der Waals surface area contributed by atoms with Crippen LogP contribution in [0.1, 0.15) is 24.1 Å². The number of esters is 1. The summed E-state index contributed by atoms with van der Waals surface area (Å²) >= 11 is 0. The minimum absolute atomic E-state index is 0.416. The number of carbonyl (C=O) groups is 2. The van der Waals surface area contributed by atoms with Gasteiger partial charge < -0.3 is 15.4 Å². The average molecular weight is 337 g/mol. The van der Waals surface area contributed by atoms with Crippen molar-refractivity contribution in [2.45, 2.75) is 13.0 Å². The molecule has 2 amide bonds. The van der Waals surface area contributed by atoms with Crippen LogP contribution >= 0.6 is 0 Å². The molecule has 6 nitrogen and oxygen atoms in total. The summed E-state index contributed by atoms with van der Waals surface area (Å²) in [6.07, 6.45) is 0. The normalized spacial score (nSPS) is 12.4. The number of hydrogen-bond donors (Lipinski definition) is 2. The van der Waals surface area contributed by atoms with E-state index in [1.54, 1.807) is 31.2 Å². The first kappa shape index (κ1) is 18.0. The quantitative estimate of drug-likeness (QED) is 0.820. The monoisotopic (exact) mass is 337 g/mol. The van der Waals surface area contributed by atoms with E-state index in [0.29, 0.717) is 11.3 Å². The number of hydrogen-bond acceptors (Lipinski definition) is 4. The lowest BCUT2D eigenvalue weighted by Crippen LogP contribution is -2.38. The van der Waals surface area contributed by atoms with Gasteiger partial charge in [-0.05, 0) is 30.7 Å². The molecule has 2 N–H and O–H groups in total. The second-order valence-electron chi connectivity index (χ2n) is 5.49. The van der Waals surface area contributed by atoms with Crippen LogP contribution in [0.25, 0.3) is 0 Å². The molecule has 0 spiro atoms. The molecule has 25 heavy (non-hydrogen) atoms. The number of urea groups is 1. The summed E-state index contributed by atoms with van der Waals surface area (Å²) in [6, 6.07) is 16.8. The van der Waals surface area contributed by atoms with E-state index in [4.69, 9.17) is 10.00 Å². The van der Waals surface area contributed by atoms with Gasteiger partial charge in [0.1, 0.15) is 0 Å². The Morgan fingerprint density at radius 1 is 1.12 bits per heavy atom. The smallest absolute Gasteiger partial charge is 0.319 e. The molecule has 0 aliphatic carbocycles. The first-order valence-electron chi connectivity index (χ1n) is 7.75. The van der Waals surface area contributed by atoms with Crippen molar-refractivity contribution in [2.24, 2.45) is 5.92 Å². The Kier molecular flexibility index (Phi) is 6.13. The Labute approximate surface area is 146 Å². The van der Waals surface area contributed by atoms with E-state index in [2.05, 4.69) is 10.6 Å². The van der Waals surface area contributed by atoms with Crippen LogP contribution in [0.4, 0.5) is 10.5 Å². The van der Waals surface area contributed by atoms with Crippen molar-refractivity contribution in [2.75, 3.05) is 12.4 Å². The molecular formula is C19H19N3O3. The number of carbonyl (C=O) groups excluding carboxylic acids is 2. The van der Waals surface area contributed by atoms with Gasteiger partial charge in [-0.1, -0.05) is 36.4 Å². The molecule has 128 valence electrons. The van der Waals surface area contributed by atoms with Crippen LogP contribution in [0.2, 0.25) is 0 Å². The highest BCUT2D eigenvalue weighted by atomic mass is 16.5. The molecule has 0 fully saturated rings. The fourth-order valence-corrected chi connectivity index (χ4v) is 2.45. The number of anilines is 1. The summed E-state index contributed by atoms with van der Waals surface area (Å²) in [7, 11) is 1.31. The van der Waals surface area contributed by atoms with Gasteiger partial charge in [-0.25, -0.2) is 4.79 Å². The van der Waals surface area contributed by atoms with Gasteiger partial charge in [-0.3, -0.25) is 4.79 Å². The Morgan fingerprint density at radius 2 is 1.84 bits per heavy atom. The molecule has 0 radical (unpaired) electrons. The zero-order valence-corrected chi connectivity index (χ0v) is 14.0. The Morgan fingerprint density at radius 3 is 2.48 bits per heavy atom. The Bertz CT molecular complexity index is 784. The van der Waals surface area contributed by atoms with E-state index in [-0.39, 0.29) is 0 Å². The highest BCUT2D eigenvalue weighted by molar-refractivity contribution is 5.90. The molecule has 2 aromatic rings. The van der Waals surface area contributed by atoms with Crippen molar-refractivity contribution in [1.29, 1.82) is 5.26 Å². The van der Waals surface area contributed by atoms with Crippen LogP contribution in [0, 0.1) is 17.2 Å². The standard InChI is InChI=1S/C19H19N3O3/c1-13(18(23)25-2)17(15-8-4-3-5-9-15)22-19(24)21-16-10-6-7-14(11-16)12-20/h3-11,13,17H,1-2H3,(H2,21,22,24)/t13-,17+/m1/s1. The molecule has 0 aliphatic heterocycles. The van der Waals surface area contributed by atoms with Crippen molar-refractivity contribution >= 4 is 17.7 Å². The van der Waals surface area contributed by atoms with E-state index in [9.17, 15) is 9.59 Å². The predicted molar refractivity (Wildman–Crippen MR) is 93.7 cm³/mol. The Hall–Kier alpha value is -3.33. The second-order valence-corrected chi connectivity index (χ2v) is 5.49. The molecule has 6 heteroatoms. The van der Waals surface area contributed by atoms with Crippen LogP contribution in [-0.4, -0.2) is 19.1 Å². The maximum absolute atomic E-state index is 12.4. The minimum atomic E-state index is -0.566. The number of nitrogens with zero attached hydrogens (tertiary/aromatic N) is 1. The third-order valence-electron chi connectivity index (χ3n) is 3.77. The van der Waals surface area contributed by atoms with Crippen molar-refractivity contribution in [1.82, 2.24) is 5.32 Å². The van der Waals surface area contributed by atoms with Crippen molar-refractivity contribution < 1.29 is 14.3 Å². The largest absolute Gasteiger partial charge is 0.469 e. The highest BCUT2D eigenvalue weighted by Crippen LogP contribution is 2.23. The number of methoxy groups -OCH3 is 1. The third-order valence-corrected chi connectivity index (χ3v) is 3.77. The number of nitriles is 1. The van der Waals surface area contributed by atoms with Crippen LogP contribution in [0.3, 0.4) is 0 Å². The average Bonchev–Trinajstić information content (AvgIpc) is 2.65. The molecule has 2 atom stereocenters. The van der Waals surface area contributed by atoms with E-state index in [1.165, 1.54) is 7.11 Å². The number of nitrogens with one attached hydrogen (secondary N) is 2. The molecule has 0 aliphatic rings. The predicted octanol–water partition coefficient (Wildman–Crippen LogP) is 3.23. The van der Waals surface area contributed by atoms with Crippen molar-refractivity contribution in [3.8, 4) is 6.07 Å². The second kappa shape index (κ2) is 8.50. The molecular weight excluding hydrogens is 318 g/mol. The van der Waals surface area contributed by atoms with Crippen LogP contribution in [-0.2, 0) is 9.53 Å². The fraction of sp³-hybridized carbons (Fsp3) is 0.211. The number of benzene rings is 2. The Balaban J connectivity index is 2.17. The number of ether oxygens (including phenoxy) is 1. The first-order chi connectivity index (χ1) is 12.0. The summed E-state index contributed by atoms with van der Waals surface area (Å²) in [4.78, 5) is 24.3. The van der Waals surface area contributed by atoms with Gasteiger partial charge >= 0.3 is 12.0 Å². The molecule has 0 heterocycles. The zero-order valence-electron chi connectivity index (χ0n) is 14.0. The molecule has 0 bridgehead atoms. The third kappa shape index (κ3) is 4.82. The molecule has 0 aromatic heterocycles. The number of amides is 2. The summed E-state index contributed by atoms with van der Waals surface area (Å²) in [5, 5.41) is 14.4. The van der Waals surface area contributed by atoms with Crippen LogP contribution < -0.4 is 10.6 Å². The topological polar surface area (TPSA) is 91.2 Å². The highest BCUT2D eigenvalue weighted by Gasteiger charge is 2.27. The summed E-state index contributed by atoms with van der Waals surface area (Å²) in [6.45, 7) is 1.69. The van der Waals surface area contributed by atoms with Gasteiger partial charge in [-0.15, -0.1) is 0 Å². The number of rotatable bonds is 5. The minimum Gasteiger partial charge on any atom is -0.469 e. The first-order valence-corrected chi connectivity index (χ1v) is 7.75. The summed E-state index contributed by atoms with van der Waals surface area (Å²) < 4.78 is 4.80. The van der Waals surface area contributed by atoms with E-state index in [0.717, 1.165) is 5.56 Å². The SMILES string of the molecule is COC(=O)[C@H](C)[C@H](NC(=O)Nc1cccc(C#N)c1)c1ccccc1. The molecule has 0 saturated carbocycles. The van der Waals surface area contributed by atoms with E-state index >= 15 is 0 Å². The maximum atomic E-state index is 12.4. The van der Waals surface area contributed by atoms with Crippen molar-refractivity contribution in [3.05, 3.63) is 65.7 Å². The van der Waals surface area contributed by atoms with Crippen LogP contribution in [0.15, 0.2) is 54.6 Å². The fourth-order valence-electron chi connectivity index (χ4n) is 2.45. The lowest BCUT2D eigenvalue weighted by atomic mass is 9.94.